The maximum Gasteiger partial charge on any atom is 0.218 e. The summed E-state index contributed by atoms with van der Waals surface area (Å²) in [6.45, 7) is 2.02. The topological polar surface area (TPSA) is 30.2 Å². The molecule has 0 radical (unpaired) electrons. The molecule has 0 saturated carbocycles. The molecule has 4 heteroatoms. The molecule has 0 unspecified atom stereocenters. The van der Waals surface area contributed by atoms with E-state index in [4.69, 9.17) is 0 Å². The standard InChI is InChI=1S/C7H6BrN3/c1-5-2-3-6-9-7(8)10-11(6)4-5/h2-4H,1H3. The first-order valence-corrected chi connectivity index (χ1v) is 4.03. The molecule has 0 spiro atoms. The van der Waals surface area contributed by atoms with Crippen LogP contribution in [0.3, 0.4) is 0 Å². The van der Waals surface area contributed by atoms with Crippen LogP contribution in [0.5, 0.6) is 0 Å². The van der Waals surface area contributed by atoms with Crippen LogP contribution in [-0.2, 0) is 0 Å². The summed E-state index contributed by atoms with van der Waals surface area (Å²) in [5.41, 5.74) is 2.04. The lowest BCUT2D eigenvalue weighted by atomic mass is 10.3. The highest BCUT2D eigenvalue weighted by Gasteiger charge is 1.97. The molecule has 0 amide bonds. The fourth-order valence-corrected chi connectivity index (χ4v) is 1.31. The van der Waals surface area contributed by atoms with E-state index in [0.717, 1.165) is 5.65 Å². The second kappa shape index (κ2) is 2.30. The molecule has 2 rings (SSSR count). The van der Waals surface area contributed by atoms with E-state index in [1.807, 2.05) is 25.3 Å². The molecule has 11 heavy (non-hydrogen) atoms. The lowest BCUT2D eigenvalue weighted by Crippen LogP contribution is -1.86. The first kappa shape index (κ1) is 6.79. The molecule has 0 saturated heterocycles. The van der Waals surface area contributed by atoms with Crippen molar-refractivity contribution in [2.45, 2.75) is 6.92 Å². The lowest BCUT2D eigenvalue weighted by molar-refractivity contribution is 0.937. The van der Waals surface area contributed by atoms with Crippen LogP contribution in [-0.4, -0.2) is 14.6 Å². The third-order valence-electron chi connectivity index (χ3n) is 1.45. The Balaban J connectivity index is 2.82. The summed E-state index contributed by atoms with van der Waals surface area (Å²) < 4.78 is 2.38. The molecule has 0 bridgehead atoms. The van der Waals surface area contributed by atoms with Crippen LogP contribution in [0.1, 0.15) is 5.56 Å². The number of halogens is 1. The molecule has 0 fully saturated rings. The Morgan fingerprint density at radius 3 is 3.09 bits per heavy atom. The zero-order chi connectivity index (χ0) is 7.84. The van der Waals surface area contributed by atoms with Crippen molar-refractivity contribution in [1.82, 2.24) is 14.6 Å². The van der Waals surface area contributed by atoms with E-state index in [9.17, 15) is 0 Å². The van der Waals surface area contributed by atoms with Crippen LogP contribution in [0.25, 0.3) is 5.65 Å². The molecule has 0 aliphatic rings. The van der Waals surface area contributed by atoms with Crippen LogP contribution in [0.15, 0.2) is 23.1 Å². The summed E-state index contributed by atoms with van der Waals surface area (Å²) in [6, 6.07) is 3.95. The van der Waals surface area contributed by atoms with Crippen LogP contribution in [0.2, 0.25) is 0 Å². The van der Waals surface area contributed by atoms with Crippen LogP contribution >= 0.6 is 15.9 Å². The average Bonchev–Trinajstić information content (AvgIpc) is 2.27. The van der Waals surface area contributed by atoms with Gasteiger partial charge in [-0.2, -0.15) is 0 Å². The predicted octanol–water partition coefficient (Wildman–Crippen LogP) is 1.80. The van der Waals surface area contributed by atoms with Gasteiger partial charge in [0.25, 0.3) is 0 Å². The van der Waals surface area contributed by atoms with E-state index in [-0.39, 0.29) is 0 Å². The second-order valence-electron chi connectivity index (χ2n) is 2.39. The Labute approximate surface area is 72.2 Å². The third-order valence-corrected chi connectivity index (χ3v) is 1.79. The number of nitrogens with zero attached hydrogens (tertiary/aromatic N) is 3. The molecular weight excluding hydrogens is 206 g/mol. The van der Waals surface area contributed by atoms with Gasteiger partial charge in [0.05, 0.1) is 0 Å². The largest absolute Gasteiger partial charge is 0.220 e. The lowest BCUT2D eigenvalue weighted by Gasteiger charge is -1.91. The fraction of sp³-hybridized carbons (Fsp3) is 0.143. The minimum absolute atomic E-state index is 0.628. The van der Waals surface area contributed by atoms with Gasteiger partial charge < -0.3 is 0 Å². The van der Waals surface area contributed by atoms with Crippen molar-refractivity contribution in [2.75, 3.05) is 0 Å². The van der Waals surface area contributed by atoms with E-state index in [2.05, 4.69) is 26.0 Å². The summed E-state index contributed by atoms with van der Waals surface area (Å²) >= 11 is 3.21. The number of aromatic nitrogens is 3. The first-order valence-electron chi connectivity index (χ1n) is 3.24. The van der Waals surface area contributed by atoms with Gasteiger partial charge in [0, 0.05) is 6.20 Å². The summed E-state index contributed by atoms with van der Waals surface area (Å²) in [7, 11) is 0. The molecule has 0 aliphatic carbocycles. The first-order chi connectivity index (χ1) is 5.25. The highest BCUT2D eigenvalue weighted by molar-refractivity contribution is 9.10. The van der Waals surface area contributed by atoms with Crippen LogP contribution < -0.4 is 0 Å². The van der Waals surface area contributed by atoms with E-state index in [1.54, 1.807) is 4.52 Å². The Morgan fingerprint density at radius 2 is 2.27 bits per heavy atom. The van der Waals surface area contributed by atoms with E-state index in [1.165, 1.54) is 5.56 Å². The molecule has 56 valence electrons. The number of hydrogen-bond donors (Lipinski definition) is 0. The molecule has 2 heterocycles. The van der Waals surface area contributed by atoms with E-state index in [0.29, 0.717) is 4.73 Å². The normalized spacial score (nSPS) is 10.7. The highest BCUT2D eigenvalue weighted by atomic mass is 79.9. The Hall–Kier alpha value is -0.900. The second-order valence-corrected chi connectivity index (χ2v) is 3.10. The third kappa shape index (κ3) is 1.14. The highest BCUT2D eigenvalue weighted by Crippen LogP contribution is 2.07. The molecule has 0 atom stereocenters. The van der Waals surface area contributed by atoms with Gasteiger partial charge in [-0.05, 0) is 34.5 Å². The van der Waals surface area contributed by atoms with Crippen molar-refractivity contribution < 1.29 is 0 Å². The molecule has 3 nitrogen and oxygen atoms in total. The Bertz CT molecular complexity index is 393. The summed E-state index contributed by atoms with van der Waals surface area (Å²) in [5, 5.41) is 4.10. The molecular formula is C7H6BrN3. The van der Waals surface area contributed by atoms with Crippen LogP contribution in [0.4, 0.5) is 0 Å². The van der Waals surface area contributed by atoms with Gasteiger partial charge in [0.15, 0.2) is 5.65 Å². The van der Waals surface area contributed by atoms with Gasteiger partial charge in [0.2, 0.25) is 4.73 Å². The molecule has 0 N–H and O–H groups in total. The number of fused-ring (bicyclic) bond motifs is 1. The number of pyridine rings is 1. The number of aryl methyl sites for hydroxylation is 1. The average molecular weight is 212 g/mol. The predicted molar refractivity (Wildman–Crippen MR) is 45.4 cm³/mol. The molecule has 2 aromatic rings. The van der Waals surface area contributed by atoms with Crippen molar-refractivity contribution in [3.63, 3.8) is 0 Å². The Morgan fingerprint density at radius 1 is 1.45 bits per heavy atom. The number of rotatable bonds is 0. The van der Waals surface area contributed by atoms with E-state index >= 15 is 0 Å². The van der Waals surface area contributed by atoms with Gasteiger partial charge in [0.1, 0.15) is 0 Å². The summed E-state index contributed by atoms with van der Waals surface area (Å²) in [5.74, 6) is 0. The maximum absolute atomic E-state index is 4.12. The van der Waals surface area contributed by atoms with Gasteiger partial charge in [-0.25, -0.2) is 9.50 Å². The van der Waals surface area contributed by atoms with Crippen molar-refractivity contribution in [1.29, 1.82) is 0 Å². The van der Waals surface area contributed by atoms with Gasteiger partial charge in [-0.1, -0.05) is 6.07 Å². The molecule has 2 aromatic heterocycles. The summed E-state index contributed by atoms with van der Waals surface area (Å²) in [4.78, 5) is 4.12. The molecule has 0 aliphatic heterocycles. The monoisotopic (exact) mass is 211 g/mol. The fourth-order valence-electron chi connectivity index (χ4n) is 0.959. The molecule has 0 aromatic carbocycles. The van der Waals surface area contributed by atoms with Gasteiger partial charge in [-0.15, -0.1) is 5.10 Å². The SMILES string of the molecule is Cc1ccc2nc(Br)nn2c1. The van der Waals surface area contributed by atoms with Crippen molar-refractivity contribution in [3.05, 3.63) is 28.6 Å². The van der Waals surface area contributed by atoms with Gasteiger partial charge >= 0.3 is 0 Å². The van der Waals surface area contributed by atoms with Gasteiger partial charge in [-0.3, -0.25) is 0 Å². The zero-order valence-corrected chi connectivity index (χ0v) is 7.54. The summed E-state index contributed by atoms with van der Waals surface area (Å²) in [6.07, 6.45) is 1.94. The van der Waals surface area contributed by atoms with E-state index < -0.39 is 0 Å². The minimum atomic E-state index is 0.628. The van der Waals surface area contributed by atoms with Crippen molar-refractivity contribution in [2.24, 2.45) is 0 Å². The van der Waals surface area contributed by atoms with Crippen molar-refractivity contribution in [3.8, 4) is 0 Å². The Kier molecular flexibility index (Phi) is 1.42. The quantitative estimate of drug-likeness (QED) is 0.666. The smallest absolute Gasteiger partial charge is 0.218 e. The minimum Gasteiger partial charge on any atom is -0.220 e. The maximum atomic E-state index is 4.12. The van der Waals surface area contributed by atoms with Crippen LogP contribution in [0, 0.1) is 6.92 Å². The number of hydrogen-bond acceptors (Lipinski definition) is 2. The zero-order valence-electron chi connectivity index (χ0n) is 5.95. The van der Waals surface area contributed by atoms with Crippen molar-refractivity contribution >= 4 is 21.6 Å².